The molecule has 2 aromatic rings. The summed E-state index contributed by atoms with van der Waals surface area (Å²) in [6.07, 6.45) is 3.80. The van der Waals surface area contributed by atoms with Gasteiger partial charge in [-0.1, -0.05) is 13.8 Å². The molecule has 0 aromatic carbocycles. The molecule has 1 amide bonds. The summed E-state index contributed by atoms with van der Waals surface area (Å²) >= 11 is 0. The zero-order chi connectivity index (χ0) is 21.4. The molecule has 8 heteroatoms. The van der Waals surface area contributed by atoms with Gasteiger partial charge < -0.3 is 20.3 Å². The van der Waals surface area contributed by atoms with Crippen molar-refractivity contribution in [1.82, 2.24) is 15.0 Å². The van der Waals surface area contributed by atoms with Crippen LogP contribution >= 0.6 is 0 Å². The smallest absolute Gasteiger partial charge is 0.247 e. The van der Waals surface area contributed by atoms with E-state index < -0.39 is 0 Å². The Kier molecular flexibility index (Phi) is 5.49. The standard InChI is InChI=1S/C22H30N6O2/c1-12(2)19-21(29)26-18-14(4)24-22(27-20(18)28(19)5)25-16-8-15(9-16)11-30-17-7-6-13(3)23-10-17/h6-7,10,12,15-16,19H,8-9,11H2,1-5H3,(H,26,29)(H,24,25,27)/t15-,16+,19?. The number of rotatable bonds is 6. The lowest BCUT2D eigenvalue weighted by atomic mass is 9.81. The zero-order valence-electron chi connectivity index (χ0n) is 18.3. The van der Waals surface area contributed by atoms with Crippen LogP contribution in [0.3, 0.4) is 0 Å². The van der Waals surface area contributed by atoms with E-state index in [1.165, 1.54) is 0 Å². The van der Waals surface area contributed by atoms with Crippen molar-refractivity contribution < 1.29 is 9.53 Å². The molecule has 1 atom stereocenters. The van der Waals surface area contributed by atoms with Crippen molar-refractivity contribution in [3.63, 3.8) is 0 Å². The zero-order valence-corrected chi connectivity index (χ0v) is 18.3. The van der Waals surface area contributed by atoms with Gasteiger partial charge in [0.1, 0.15) is 17.5 Å². The van der Waals surface area contributed by atoms with Crippen LogP contribution in [0, 0.1) is 25.7 Å². The summed E-state index contributed by atoms with van der Waals surface area (Å²) in [5, 5.41) is 6.44. The van der Waals surface area contributed by atoms with Gasteiger partial charge in [-0.3, -0.25) is 9.78 Å². The second-order valence-electron chi connectivity index (χ2n) is 8.75. The molecule has 0 saturated heterocycles. The van der Waals surface area contributed by atoms with Crippen molar-refractivity contribution in [2.75, 3.05) is 29.2 Å². The number of carbonyl (C=O) groups is 1. The number of likely N-dealkylation sites (N-methyl/N-ethyl adjacent to an activating group) is 1. The van der Waals surface area contributed by atoms with Gasteiger partial charge in [0, 0.05) is 18.8 Å². The predicted octanol–water partition coefficient (Wildman–Crippen LogP) is 3.17. The highest BCUT2D eigenvalue weighted by molar-refractivity contribution is 6.03. The molecule has 2 aliphatic rings. The minimum Gasteiger partial charge on any atom is -0.492 e. The van der Waals surface area contributed by atoms with E-state index in [-0.39, 0.29) is 17.9 Å². The van der Waals surface area contributed by atoms with E-state index in [0.717, 1.165) is 35.8 Å². The van der Waals surface area contributed by atoms with Crippen molar-refractivity contribution in [3.05, 3.63) is 29.7 Å². The largest absolute Gasteiger partial charge is 0.492 e. The second-order valence-corrected chi connectivity index (χ2v) is 8.75. The van der Waals surface area contributed by atoms with Crippen LogP contribution in [0.1, 0.15) is 38.1 Å². The van der Waals surface area contributed by atoms with Crippen LogP contribution in [-0.4, -0.2) is 46.6 Å². The number of pyridine rings is 1. The van der Waals surface area contributed by atoms with Gasteiger partial charge in [0.2, 0.25) is 11.9 Å². The fourth-order valence-electron chi connectivity index (χ4n) is 4.20. The van der Waals surface area contributed by atoms with E-state index >= 15 is 0 Å². The number of carbonyl (C=O) groups excluding carboxylic acids is 1. The fourth-order valence-corrected chi connectivity index (χ4v) is 4.20. The van der Waals surface area contributed by atoms with Gasteiger partial charge in [-0.05, 0) is 50.7 Å². The Hall–Kier alpha value is -2.90. The predicted molar refractivity (Wildman–Crippen MR) is 117 cm³/mol. The van der Waals surface area contributed by atoms with Crippen LogP contribution in [0.15, 0.2) is 18.3 Å². The summed E-state index contributed by atoms with van der Waals surface area (Å²) in [5.41, 5.74) is 2.47. The van der Waals surface area contributed by atoms with E-state index in [2.05, 4.69) is 20.6 Å². The first-order chi connectivity index (χ1) is 14.3. The minimum atomic E-state index is -0.235. The highest BCUT2D eigenvalue weighted by Gasteiger charge is 2.36. The topological polar surface area (TPSA) is 92.3 Å². The second kappa shape index (κ2) is 8.08. The molecule has 4 rings (SSSR count). The fraction of sp³-hybridized carbons (Fsp3) is 0.545. The quantitative estimate of drug-likeness (QED) is 0.756. The molecule has 2 aromatic heterocycles. The maximum Gasteiger partial charge on any atom is 0.247 e. The normalized spacial score (nSPS) is 22.9. The number of ether oxygens (including phenoxy) is 1. The van der Waals surface area contributed by atoms with Crippen molar-refractivity contribution in [2.45, 2.75) is 52.6 Å². The molecule has 0 radical (unpaired) electrons. The van der Waals surface area contributed by atoms with Crippen LogP contribution in [0.4, 0.5) is 17.5 Å². The van der Waals surface area contributed by atoms with Gasteiger partial charge in [0.25, 0.3) is 0 Å². The lowest BCUT2D eigenvalue weighted by molar-refractivity contribution is -0.118. The highest BCUT2D eigenvalue weighted by atomic mass is 16.5. The Labute approximate surface area is 177 Å². The Morgan fingerprint density at radius 1 is 1.27 bits per heavy atom. The average Bonchev–Trinajstić information content (AvgIpc) is 2.65. The van der Waals surface area contributed by atoms with Gasteiger partial charge in [-0.15, -0.1) is 0 Å². The molecule has 2 N–H and O–H groups in total. The summed E-state index contributed by atoms with van der Waals surface area (Å²) in [7, 11) is 1.93. The Balaban J connectivity index is 1.36. The first-order valence-corrected chi connectivity index (χ1v) is 10.6. The summed E-state index contributed by atoms with van der Waals surface area (Å²) in [4.78, 5) is 28.0. The molecule has 1 unspecified atom stereocenters. The summed E-state index contributed by atoms with van der Waals surface area (Å²) in [5.74, 6) is 2.90. The number of aryl methyl sites for hydroxylation is 2. The van der Waals surface area contributed by atoms with Crippen LogP contribution in [0.25, 0.3) is 0 Å². The third-order valence-electron chi connectivity index (χ3n) is 5.91. The molecule has 3 heterocycles. The van der Waals surface area contributed by atoms with Gasteiger partial charge in [-0.25, -0.2) is 4.98 Å². The minimum absolute atomic E-state index is 0.00183. The van der Waals surface area contributed by atoms with Gasteiger partial charge >= 0.3 is 0 Å². The van der Waals surface area contributed by atoms with Crippen molar-refractivity contribution in [2.24, 2.45) is 11.8 Å². The van der Waals surface area contributed by atoms with Gasteiger partial charge in [0.05, 0.1) is 18.5 Å². The Morgan fingerprint density at radius 3 is 2.70 bits per heavy atom. The number of nitrogens with zero attached hydrogens (tertiary/aromatic N) is 4. The lowest BCUT2D eigenvalue weighted by Crippen LogP contribution is -2.50. The first kappa shape index (κ1) is 20.4. The molecule has 0 bridgehead atoms. The number of anilines is 3. The van der Waals surface area contributed by atoms with Crippen LogP contribution in [0.5, 0.6) is 5.75 Å². The van der Waals surface area contributed by atoms with E-state index in [4.69, 9.17) is 9.72 Å². The molecule has 1 fully saturated rings. The van der Waals surface area contributed by atoms with E-state index in [1.807, 2.05) is 51.8 Å². The molecule has 1 aliphatic heterocycles. The Morgan fingerprint density at radius 2 is 2.03 bits per heavy atom. The molecule has 160 valence electrons. The molecule has 8 nitrogen and oxygen atoms in total. The molecular weight excluding hydrogens is 380 g/mol. The van der Waals surface area contributed by atoms with Gasteiger partial charge in [0.15, 0.2) is 5.82 Å². The summed E-state index contributed by atoms with van der Waals surface area (Å²) < 4.78 is 5.85. The monoisotopic (exact) mass is 410 g/mol. The Bertz CT molecular complexity index is 924. The molecule has 1 saturated carbocycles. The average molecular weight is 411 g/mol. The van der Waals surface area contributed by atoms with E-state index in [1.54, 1.807) is 6.20 Å². The first-order valence-electron chi connectivity index (χ1n) is 10.6. The van der Waals surface area contributed by atoms with Crippen molar-refractivity contribution in [3.8, 4) is 5.75 Å². The molecule has 30 heavy (non-hydrogen) atoms. The molecule has 1 aliphatic carbocycles. The van der Waals surface area contributed by atoms with Crippen molar-refractivity contribution in [1.29, 1.82) is 0 Å². The highest BCUT2D eigenvalue weighted by Crippen LogP contribution is 2.35. The summed E-state index contributed by atoms with van der Waals surface area (Å²) in [6.45, 7) is 8.65. The number of hydrogen-bond donors (Lipinski definition) is 2. The summed E-state index contributed by atoms with van der Waals surface area (Å²) in [6, 6.07) is 4.01. The number of hydrogen-bond acceptors (Lipinski definition) is 7. The molecular formula is C22H30N6O2. The number of nitrogens with one attached hydrogen (secondary N) is 2. The van der Waals surface area contributed by atoms with Crippen LogP contribution in [0.2, 0.25) is 0 Å². The van der Waals surface area contributed by atoms with E-state index in [0.29, 0.717) is 30.2 Å². The number of fused-ring (bicyclic) bond motifs is 1. The number of amides is 1. The van der Waals surface area contributed by atoms with Crippen LogP contribution < -0.4 is 20.3 Å². The third-order valence-corrected chi connectivity index (χ3v) is 5.91. The third kappa shape index (κ3) is 4.04. The SMILES string of the molecule is Cc1ccc(OC[C@H]2C[C@@H](Nc3nc(C)c4c(n3)N(C)C(C(C)C)C(=O)N4)C2)cn1. The van der Waals surface area contributed by atoms with Gasteiger partial charge in [-0.2, -0.15) is 4.98 Å². The maximum absolute atomic E-state index is 12.5. The van der Waals surface area contributed by atoms with Crippen LogP contribution in [-0.2, 0) is 4.79 Å². The molecule has 0 spiro atoms. The number of aromatic nitrogens is 3. The van der Waals surface area contributed by atoms with E-state index in [9.17, 15) is 4.79 Å². The maximum atomic E-state index is 12.5. The lowest BCUT2D eigenvalue weighted by Gasteiger charge is -2.38. The van der Waals surface area contributed by atoms with Crippen molar-refractivity contribution >= 4 is 23.4 Å².